The first-order valence-electron chi connectivity index (χ1n) is 7.52. The average molecular weight is 319 g/mol. The van der Waals surface area contributed by atoms with Crippen LogP contribution in [0.25, 0.3) is 0 Å². The van der Waals surface area contributed by atoms with E-state index in [0.717, 1.165) is 22.9 Å². The molecule has 23 heavy (non-hydrogen) atoms. The smallest absolute Gasteiger partial charge is 0.279 e. The van der Waals surface area contributed by atoms with Gasteiger partial charge in [0.15, 0.2) is 6.54 Å². The summed E-state index contributed by atoms with van der Waals surface area (Å²) in [5.74, 6) is -1.36. The number of rotatable bonds is 5. The van der Waals surface area contributed by atoms with Gasteiger partial charge >= 0.3 is 0 Å². The van der Waals surface area contributed by atoms with Gasteiger partial charge in [0.2, 0.25) is 0 Å². The van der Waals surface area contributed by atoms with Crippen molar-refractivity contribution >= 4 is 11.6 Å². The fraction of sp³-hybridized carbons (Fsp3) is 0.278. The van der Waals surface area contributed by atoms with E-state index in [4.69, 9.17) is 0 Å². The standard InChI is InChI=1S/C18H20F2N2O/c1-11-4-7-17(12(2)8-11)22-18(23)10-21-13(3)15-6-5-14(19)9-16(15)20/h4-9,13,21H,10H2,1-3H3,(H,22,23)/p+1/t13-/m1/s1. The minimum Gasteiger partial charge on any atom is -0.332 e. The monoisotopic (exact) mass is 319 g/mol. The largest absolute Gasteiger partial charge is 0.332 e. The summed E-state index contributed by atoms with van der Waals surface area (Å²) in [6, 6.07) is 9.01. The predicted octanol–water partition coefficient (Wildman–Crippen LogP) is 2.84. The predicted molar refractivity (Wildman–Crippen MR) is 86.1 cm³/mol. The molecule has 0 radical (unpaired) electrons. The molecule has 0 heterocycles. The molecule has 0 aromatic heterocycles. The van der Waals surface area contributed by atoms with Crippen molar-refractivity contribution in [1.82, 2.24) is 0 Å². The van der Waals surface area contributed by atoms with Gasteiger partial charge in [0.25, 0.3) is 5.91 Å². The molecule has 0 aliphatic carbocycles. The molecule has 122 valence electrons. The minimum atomic E-state index is -0.606. The van der Waals surface area contributed by atoms with Crippen molar-refractivity contribution in [1.29, 1.82) is 0 Å². The Morgan fingerprint density at radius 3 is 2.57 bits per heavy atom. The van der Waals surface area contributed by atoms with Gasteiger partial charge in [-0.25, -0.2) is 8.78 Å². The quantitative estimate of drug-likeness (QED) is 0.874. The normalized spacial score (nSPS) is 12.0. The molecule has 3 N–H and O–H groups in total. The molecular formula is C18H21F2N2O+. The number of aryl methyl sites for hydroxylation is 2. The van der Waals surface area contributed by atoms with Crippen molar-refractivity contribution in [3.63, 3.8) is 0 Å². The van der Waals surface area contributed by atoms with Crippen molar-refractivity contribution in [3.8, 4) is 0 Å². The highest BCUT2D eigenvalue weighted by Crippen LogP contribution is 2.16. The van der Waals surface area contributed by atoms with Crippen LogP contribution in [0.15, 0.2) is 36.4 Å². The van der Waals surface area contributed by atoms with Crippen molar-refractivity contribution in [2.45, 2.75) is 26.8 Å². The molecular weight excluding hydrogens is 298 g/mol. The summed E-state index contributed by atoms with van der Waals surface area (Å²) in [5.41, 5.74) is 3.28. The van der Waals surface area contributed by atoms with Crippen molar-refractivity contribution in [2.75, 3.05) is 11.9 Å². The fourth-order valence-electron chi connectivity index (χ4n) is 2.44. The maximum absolute atomic E-state index is 13.7. The fourth-order valence-corrected chi connectivity index (χ4v) is 2.44. The Morgan fingerprint density at radius 1 is 1.17 bits per heavy atom. The number of quaternary nitrogens is 1. The first-order chi connectivity index (χ1) is 10.9. The summed E-state index contributed by atoms with van der Waals surface area (Å²) in [5, 5.41) is 4.56. The van der Waals surface area contributed by atoms with Crippen molar-refractivity contribution < 1.29 is 18.9 Å². The van der Waals surface area contributed by atoms with Gasteiger partial charge in [0.1, 0.15) is 17.7 Å². The highest BCUT2D eigenvalue weighted by atomic mass is 19.1. The number of carbonyl (C=O) groups is 1. The van der Waals surface area contributed by atoms with Gasteiger partial charge in [-0.15, -0.1) is 0 Å². The summed E-state index contributed by atoms with van der Waals surface area (Å²) in [7, 11) is 0. The second-order valence-electron chi connectivity index (χ2n) is 5.76. The number of carbonyl (C=O) groups excluding carboxylic acids is 1. The minimum absolute atomic E-state index is 0.158. The Hall–Kier alpha value is -2.27. The van der Waals surface area contributed by atoms with Crippen molar-refractivity contribution in [2.24, 2.45) is 0 Å². The average Bonchev–Trinajstić information content (AvgIpc) is 2.48. The molecule has 2 rings (SSSR count). The van der Waals surface area contributed by atoms with Crippen LogP contribution in [-0.4, -0.2) is 12.5 Å². The number of nitrogens with one attached hydrogen (secondary N) is 1. The molecule has 0 saturated heterocycles. The number of hydrogen-bond acceptors (Lipinski definition) is 1. The Morgan fingerprint density at radius 2 is 1.91 bits per heavy atom. The summed E-state index contributed by atoms with van der Waals surface area (Å²) in [6.45, 7) is 5.86. The lowest BCUT2D eigenvalue weighted by Gasteiger charge is -2.13. The summed E-state index contributed by atoms with van der Waals surface area (Å²) >= 11 is 0. The Balaban J connectivity index is 1.93. The van der Waals surface area contributed by atoms with Crippen LogP contribution in [0, 0.1) is 25.5 Å². The highest BCUT2D eigenvalue weighted by Gasteiger charge is 2.16. The summed E-state index contributed by atoms with van der Waals surface area (Å²) < 4.78 is 26.6. The van der Waals surface area contributed by atoms with E-state index in [9.17, 15) is 13.6 Å². The molecule has 0 bridgehead atoms. The van der Waals surface area contributed by atoms with E-state index in [2.05, 4.69) is 5.32 Å². The van der Waals surface area contributed by atoms with Crippen LogP contribution in [0.1, 0.15) is 29.7 Å². The third kappa shape index (κ3) is 4.60. The molecule has 0 unspecified atom stereocenters. The number of hydrogen-bond donors (Lipinski definition) is 2. The number of halogens is 2. The van der Waals surface area contributed by atoms with Gasteiger partial charge in [0.05, 0.1) is 0 Å². The molecule has 3 nitrogen and oxygen atoms in total. The molecule has 1 amide bonds. The second kappa shape index (κ2) is 7.33. The van der Waals surface area contributed by atoms with E-state index in [1.807, 2.05) is 32.0 Å². The second-order valence-corrected chi connectivity index (χ2v) is 5.76. The van der Waals surface area contributed by atoms with E-state index < -0.39 is 11.6 Å². The highest BCUT2D eigenvalue weighted by molar-refractivity contribution is 5.92. The Labute approximate surface area is 134 Å². The zero-order valence-electron chi connectivity index (χ0n) is 13.5. The van der Waals surface area contributed by atoms with Crippen LogP contribution in [0.5, 0.6) is 0 Å². The molecule has 2 aromatic rings. The molecule has 0 fully saturated rings. The number of amides is 1. The lowest BCUT2D eigenvalue weighted by molar-refractivity contribution is -0.682. The van der Waals surface area contributed by atoms with E-state index >= 15 is 0 Å². The van der Waals surface area contributed by atoms with Gasteiger partial charge in [-0.1, -0.05) is 17.7 Å². The molecule has 0 spiro atoms. The van der Waals surface area contributed by atoms with Crippen molar-refractivity contribution in [3.05, 3.63) is 64.7 Å². The topological polar surface area (TPSA) is 45.7 Å². The van der Waals surface area contributed by atoms with Gasteiger partial charge in [-0.05, 0) is 44.5 Å². The third-order valence-electron chi connectivity index (χ3n) is 3.77. The summed E-state index contributed by atoms with van der Waals surface area (Å²) in [6.07, 6.45) is 0. The van der Waals surface area contributed by atoms with Crippen LogP contribution in [-0.2, 0) is 4.79 Å². The van der Waals surface area contributed by atoms with E-state index in [1.165, 1.54) is 12.1 Å². The van der Waals surface area contributed by atoms with Gasteiger partial charge in [0, 0.05) is 17.3 Å². The molecule has 1 atom stereocenters. The number of benzene rings is 2. The van der Waals surface area contributed by atoms with Crippen LogP contribution >= 0.6 is 0 Å². The zero-order valence-corrected chi connectivity index (χ0v) is 13.5. The maximum atomic E-state index is 13.7. The van der Waals surface area contributed by atoms with Gasteiger partial charge in [-0.2, -0.15) is 0 Å². The van der Waals surface area contributed by atoms with E-state index in [-0.39, 0.29) is 18.5 Å². The van der Waals surface area contributed by atoms with Gasteiger partial charge < -0.3 is 10.6 Å². The molecule has 0 aliphatic heterocycles. The first-order valence-corrected chi connectivity index (χ1v) is 7.52. The lowest BCUT2D eigenvalue weighted by atomic mass is 10.1. The summed E-state index contributed by atoms with van der Waals surface area (Å²) in [4.78, 5) is 12.0. The number of anilines is 1. The van der Waals surface area contributed by atoms with Gasteiger partial charge in [-0.3, -0.25) is 4.79 Å². The number of nitrogens with two attached hydrogens (primary N) is 1. The SMILES string of the molecule is Cc1ccc(NC(=O)C[NH2+][C@H](C)c2ccc(F)cc2F)c(C)c1. The van der Waals surface area contributed by atoms with E-state index in [1.54, 1.807) is 12.2 Å². The molecule has 5 heteroatoms. The van der Waals surface area contributed by atoms with Crippen LogP contribution < -0.4 is 10.6 Å². The zero-order chi connectivity index (χ0) is 17.0. The molecule has 2 aromatic carbocycles. The molecule has 0 aliphatic rings. The van der Waals surface area contributed by atoms with Crippen LogP contribution in [0.4, 0.5) is 14.5 Å². The lowest BCUT2D eigenvalue weighted by Crippen LogP contribution is -2.86. The third-order valence-corrected chi connectivity index (χ3v) is 3.77. The van der Waals surface area contributed by atoms with Crippen LogP contribution in [0.2, 0.25) is 0 Å². The maximum Gasteiger partial charge on any atom is 0.279 e. The first kappa shape index (κ1) is 17.1. The van der Waals surface area contributed by atoms with E-state index in [0.29, 0.717) is 5.56 Å². The molecule has 0 saturated carbocycles. The van der Waals surface area contributed by atoms with Crippen LogP contribution in [0.3, 0.4) is 0 Å². The Bertz CT molecular complexity index is 716. The Kier molecular flexibility index (Phi) is 5.45.